The van der Waals surface area contributed by atoms with E-state index in [1.54, 1.807) is 0 Å². The number of rotatable bonds is 3. The highest BCUT2D eigenvalue weighted by atomic mass is 15.2. The minimum absolute atomic E-state index is 0.102. The number of hydrogen-bond donors (Lipinski definition) is 0. The van der Waals surface area contributed by atoms with Crippen LogP contribution in [-0.2, 0) is 0 Å². The summed E-state index contributed by atoms with van der Waals surface area (Å²) >= 11 is 0. The summed E-state index contributed by atoms with van der Waals surface area (Å²) in [4.78, 5) is 7.51. The second kappa shape index (κ2) is 10.3. The van der Waals surface area contributed by atoms with Crippen molar-refractivity contribution in [3.8, 4) is 0 Å². The van der Waals surface area contributed by atoms with Crippen LogP contribution < -0.4 is 25.6 Å². The normalized spacial score (nSPS) is 16.8. The van der Waals surface area contributed by atoms with Crippen LogP contribution in [0.4, 0.5) is 39.8 Å². The van der Waals surface area contributed by atoms with Crippen LogP contribution in [0.5, 0.6) is 0 Å². The number of anilines is 7. The predicted octanol–water partition coefficient (Wildman–Crippen LogP) is 9.25. The molecule has 3 nitrogen and oxygen atoms in total. The highest BCUT2D eigenvalue weighted by Crippen LogP contribution is 2.53. The molecule has 0 bridgehead atoms. The number of para-hydroxylation sites is 2. The molecule has 3 heterocycles. The van der Waals surface area contributed by atoms with Gasteiger partial charge in [0.1, 0.15) is 5.69 Å². The van der Waals surface area contributed by atoms with Gasteiger partial charge in [-0.25, -0.2) is 0 Å². The quantitative estimate of drug-likeness (QED) is 0.184. The molecule has 6 aromatic rings. The van der Waals surface area contributed by atoms with Gasteiger partial charge in [-0.2, -0.15) is 0 Å². The van der Waals surface area contributed by atoms with Crippen molar-refractivity contribution in [1.29, 1.82) is 0 Å². The average molecular weight is 614 g/mol. The summed E-state index contributed by atoms with van der Waals surface area (Å²) < 4.78 is 0. The van der Waals surface area contributed by atoms with Crippen LogP contribution in [0, 0.1) is 26.0 Å². The zero-order valence-corrected chi connectivity index (χ0v) is 27.0. The molecule has 0 N–H and O–H groups in total. The van der Waals surface area contributed by atoms with E-state index in [4.69, 9.17) is 0 Å². The molecule has 6 aromatic carbocycles. The summed E-state index contributed by atoms with van der Waals surface area (Å²) in [6.07, 6.45) is 3.41. The number of nitrogens with zero attached hydrogens (tertiary/aromatic N) is 3. The fourth-order valence-corrected chi connectivity index (χ4v) is 8.51. The number of benzene rings is 5. The van der Waals surface area contributed by atoms with Gasteiger partial charge < -0.3 is 14.7 Å². The Kier molecular flexibility index (Phi) is 5.84. The van der Waals surface area contributed by atoms with Gasteiger partial charge in [0.25, 0.3) is 6.71 Å². The van der Waals surface area contributed by atoms with E-state index in [1.807, 2.05) is 6.07 Å². The van der Waals surface area contributed by atoms with E-state index in [2.05, 4.69) is 174 Å². The van der Waals surface area contributed by atoms with Gasteiger partial charge in [-0.1, -0.05) is 90.0 Å². The van der Waals surface area contributed by atoms with E-state index in [9.17, 15) is 0 Å². The van der Waals surface area contributed by atoms with E-state index in [0.717, 1.165) is 12.1 Å². The lowest BCUT2D eigenvalue weighted by Gasteiger charge is -2.47. The van der Waals surface area contributed by atoms with E-state index < -0.39 is 0 Å². The molecule has 0 amide bonds. The Morgan fingerprint density at radius 3 is 2.10 bits per heavy atom. The summed E-state index contributed by atoms with van der Waals surface area (Å²) in [6.45, 7) is 4.48. The maximum Gasteiger partial charge on any atom is 0.251 e. The van der Waals surface area contributed by atoms with Crippen molar-refractivity contribution in [1.82, 2.24) is 0 Å². The molecular weight excluding hydrogens is 581 g/mol. The van der Waals surface area contributed by atoms with Gasteiger partial charge >= 0.3 is 0 Å². The van der Waals surface area contributed by atoms with Crippen molar-refractivity contribution >= 4 is 63.0 Å². The van der Waals surface area contributed by atoms with Crippen molar-refractivity contribution in [2.45, 2.75) is 26.3 Å². The topological polar surface area (TPSA) is 9.72 Å². The highest BCUT2D eigenvalue weighted by Gasteiger charge is 2.48. The van der Waals surface area contributed by atoms with Crippen LogP contribution >= 0.6 is 0 Å². The largest absolute Gasteiger partial charge is 0.326 e. The first-order chi connectivity index (χ1) is 23.7. The molecule has 48 heavy (non-hydrogen) atoms. The monoisotopic (exact) mass is 613 g/mol. The smallest absolute Gasteiger partial charge is 0.251 e. The van der Waals surface area contributed by atoms with Crippen LogP contribution in [0.15, 0.2) is 151 Å². The summed E-state index contributed by atoms with van der Waals surface area (Å²) in [5.41, 5.74) is 19.0. The Labute approximate surface area is 282 Å². The molecule has 3 aliphatic heterocycles. The maximum absolute atomic E-state index is 3.51. The Balaban J connectivity index is 1.26. The fourth-order valence-electron chi connectivity index (χ4n) is 8.51. The number of hydrogen-bond acceptors (Lipinski definition) is 3. The first kappa shape index (κ1) is 27.2. The van der Waals surface area contributed by atoms with Gasteiger partial charge in [0, 0.05) is 51.8 Å². The predicted molar refractivity (Wildman–Crippen MR) is 200 cm³/mol. The average Bonchev–Trinajstić information content (AvgIpc) is 3.45. The SMILES string of the molecule is Cc1ccc(N2c3ccc(C)cc3B3C4=C(CC5C(=C4)c4ccc#cc4N5c4ccccc4)N(c4ccccc4)c4cccc2c43)cc1. The van der Waals surface area contributed by atoms with E-state index >= 15 is 0 Å². The van der Waals surface area contributed by atoms with Gasteiger partial charge in [0.05, 0.1) is 6.04 Å². The van der Waals surface area contributed by atoms with Gasteiger partial charge in [-0.15, -0.1) is 0 Å². The van der Waals surface area contributed by atoms with E-state index in [1.165, 1.54) is 78.5 Å². The lowest BCUT2D eigenvalue weighted by molar-refractivity contribution is 0.777. The van der Waals surface area contributed by atoms with Gasteiger partial charge in [0.2, 0.25) is 0 Å². The minimum atomic E-state index is 0.102. The molecule has 1 unspecified atom stereocenters. The summed E-state index contributed by atoms with van der Waals surface area (Å²) in [5.74, 6) is 0. The van der Waals surface area contributed by atoms with E-state index in [-0.39, 0.29) is 12.8 Å². The molecule has 1 aliphatic carbocycles. The number of aryl methyl sites for hydroxylation is 2. The lowest BCUT2D eigenvalue weighted by atomic mass is 9.32. The number of fused-ring (bicyclic) bond motifs is 6. The maximum atomic E-state index is 3.51. The molecule has 1 atom stereocenters. The van der Waals surface area contributed by atoms with Crippen LogP contribution in [0.25, 0.3) is 5.57 Å². The Morgan fingerprint density at radius 1 is 0.646 bits per heavy atom. The van der Waals surface area contributed by atoms with Crippen LogP contribution in [0.2, 0.25) is 0 Å². The lowest BCUT2D eigenvalue weighted by Crippen LogP contribution is -2.56. The van der Waals surface area contributed by atoms with Crippen LogP contribution in [0.1, 0.15) is 23.1 Å². The van der Waals surface area contributed by atoms with Gasteiger partial charge in [-0.3, -0.25) is 0 Å². The summed E-state index contributed by atoms with van der Waals surface area (Å²) in [5, 5.41) is 0. The van der Waals surface area contributed by atoms with Gasteiger partial charge in [0.15, 0.2) is 0 Å². The zero-order valence-electron chi connectivity index (χ0n) is 27.0. The Morgan fingerprint density at radius 2 is 1.33 bits per heavy atom. The third-order valence-corrected chi connectivity index (χ3v) is 10.5. The third-order valence-electron chi connectivity index (χ3n) is 10.5. The molecule has 0 radical (unpaired) electrons. The Hall–Kier alpha value is -5.92. The molecule has 4 heteroatoms. The van der Waals surface area contributed by atoms with Gasteiger partial charge in [-0.05, 0) is 109 Å². The van der Waals surface area contributed by atoms with Crippen LogP contribution in [-0.4, -0.2) is 12.8 Å². The summed E-state index contributed by atoms with van der Waals surface area (Å²) in [6, 6.07) is 55.8. The minimum Gasteiger partial charge on any atom is -0.326 e. The van der Waals surface area contributed by atoms with Crippen LogP contribution in [0.3, 0.4) is 0 Å². The molecular formula is C44H32BN3. The van der Waals surface area contributed by atoms with Crippen molar-refractivity contribution in [2.75, 3.05) is 14.7 Å². The molecule has 10 rings (SSSR count). The summed E-state index contributed by atoms with van der Waals surface area (Å²) in [7, 11) is 0. The first-order valence-corrected chi connectivity index (χ1v) is 16.8. The molecule has 4 aliphatic rings. The second-order valence-electron chi connectivity index (χ2n) is 13.3. The van der Waals surface area contributed by atoms with Crippen molar-refractivity contribution in [2.24, 2.45) is 0 Å². The fraction of sp³-hybridized carbons (Fsp3) is 0.0909. The second-order valence-corrected chi connectivity index (χ2v) is 13.3. The molecule has 0 spiro atoms. The molecule has 0 fully saturated rings. The van der Waals surface area contributed by atoms with E-state index in [0.29, 0.717) is 0 Å². The molecule has 226 valence electrons. The van der Waals surface area contributed by atoms with Crippen molar-refractivity contribution < 1.29 is 0 Å². The highest BCUT2D eigenvalue weighted by molar-refractivity contribution is 6.95. The zero-order chi connectivity index (χ0) is 31.9. The number of allylic oxidation sites excluding steroid dienone is 2. The van der Waals surface area contributed by atoms with Crippen molar-refractivity contribution in [3.63, 3.8) is 0 Å². The first-order valence-electron chi connectivity index (χ1n) is 16.8. The standard InChI is InChI=1S/C44H32BN3/c1-29-20-23-33(24-21-29)47-39-25-22-30(2)26-36(39)45-37-27-35-34-16-9-10-17-38(34)46(31-12-5-3-6-13-31)42(35)28-43(37)48(32-14-7-4-8-15-32)41-19-11-18-40(47)44(41)45/h3-9,11-16,18-27,42H,28H2,1-2H3. The molecule has 0 saturated carbocycles. The Bertz CT molecular complexity index is 2310. The van der Waals surface area contributed by atoms with Crippen molar-refractivity contribution in [3.05, 3.63) is 180 Å². The third kappa shape index (κ3) is 3.85. The molecule has 0 saturated heterocycles. The molecule has 0 aromatic heterocycles.